The van der Waals surface area contributed by atoms with Crippen molar-refractivity contribution in [1.82, 2.24) is 0 Å². The molecule has 1 N–H and O–H groups in total. The normalized spacial score (nSPS) is 17.8. The van der Waals surface area contributed by atoms with E-state index in [0.717, 1.165) is 18.0 Å². The van der Waals surface area contributed by atoms with Gasteiger partial charge < -0.3 is 5.11 Å². The van der Waals surface area contributed by atoms with E-state index in [9.17, 15) is 4.79 Å². The lowest BCUT2D eigenvalue weighted by Gasteiger charge is -2.24. The molecule has 0 radical (unpaired) electrons. The fourth-order valence-electron chi connectivity index (χ4n) is 1.41. The second-order valence-electron chi connectivity index (χ2n) is 4.00. The van der Waals surface area contributed by atoms with Crippen molar-refractivity contribution in [2.75, 3.05) is 0 Å². The van der Waals surface area contributed by atoms with Crippen LogP contribution in [-0.4, -0.2) is 17.3 Å². The van der Waals surface area contributed by atoms with Crippen molar-refractivity contribution in [3.8, 4) is 0 Å². The molecule has 3 heteroatoms. The lowest BCUT2D eigenvalue weighted by Crippen LogP contribution is -2.10. The quantitative estimate of drug-likeness (QED) is 0.556. The fraction of sp³-hybridized carbons (Fsp3) is 0.500. The summed E-state index contributed by atoms with van der Waals surface area (Å²) in [5.41, 5.74) is 1.13. The molecule has 82 valence electrons. The summed E-state index contributed by atoms with van der Waals surface area (Å²) in [7, 11) is 0. The van der Waals surface area contributed by atoms with Crippen molar-refractivity contribution in [3.05, 3.63) is 23.9 Å². The number of rotatable bonds is 5. The van der Waals surface area contributed by atoms with E-state index >= 15 is 0 Å². The van der Waals surface area contributed by atoms with Crippen molar-refractivity contribution < 1.29 is 9.90 Å². The summed E-state index contributed by atoms with van der Waals surface area (Å²) in [6, 6.07) is 0. The lowest BCUT2D eigenvalue weighted by molar-refractivity contribution is -0.132. The van der Waals surface area contributed by atoms with Gasteiger partial charge in [0.15, 0.2) is 0 Å². The summed E-state index contributed by atoms with van der Waals surface area (Å²) in [5, 5.41) is 8.59. The Hall–Kier alpha value is -1.38. The number of nitrogens with zero attached hydrogens (tertiary/aromatic N) is 1. The molecule has 1 rings (SSSR count). The van der Waals surface area contributed by atoms with Crippen molar-refractivity contribution >= 4 is 12.2 Å². The minimum absolute atomic E-state index is 0.287. The van der Waals surface area contributed by atoms with E-state index in [1.807, 2.05) is 0 Å². The van der Waals surface area contributed by atoms with Crippen molar-refractivity contribution in [2.45, 2.75) is 32.6 Å². The minimum Gasteiger partial charge on any atom is -0.478 e. The third kappa shape index (κ3) is 4.11. The van der Waals surface area contributed by atoms with Gasteiger partial charge in [0, 0.05) is 17.5 Å². The third-order valence-corrected chi connectivity index (χ3v) is 2.67. The van der Waals surface area contributed by atoms with Gasteiger partial charge in [0.2, 0.25) is 0 Å². The molecule has 0 amide bonds. The largest absolute Gasteiger partial charge is 0.478 e. The predicted molar refractivity (Wildman–Crippen MR) is 61.0 cm³/mol. The van der Waals surface area contributed by atoms with Crippen molar-refractivity contribution in [1.29, 1.82) is 0 Å². The van der Waals surface area contributed by atoms with Gasteiger partial charge in [0.05, 0.1) is 0 Å². The number of aliphatic carboxylic acids is 1. The molecule has 0 bridgehead atoms. The van der Waals surface area contributed by atoms with Gasteiger partial charge in [0.25, 0.3) is 0 Å². The molecule has 0 heterocycles. The smallest absolute Gasteiger partial charge is 0.331 e. The Balaban J connectivity index is 2.33. The van der Waals surface area contributed by atoms with Gasteiger partial charge in [-0.05, 0) is 25.3 Å². The van der Waals surface area contributed by atoms with E-state index in [1.165, 1.54) is 31.6 Å². The summed E-state index contributed by atoms with van der Waals surface area (Å²) < 4.78 is 0. The molecule has 0 unspecified atom stereocenters. The van der Waals surface area contributed by atoms with Gasteiger partial charge in [-0.2, -0.15) is 0 Å². The molecule has 0 atom stereocenters. The van der Waals surface area contributed by atoms with Crippen LogP contribution in [-0.2, 0) is 4.79 Å². The molecule has 15 heavy (non-hydrogen) atoms. The van der Waals surface area contributed by atoms with Crippen LogP contribution in [0.3, 0.4) is 0 Å². The molecule has 0 aromatic rings. The zero-order valence-corrected chi connectivity index (χ0v) is 9.07. The van der Waals surface area contributed by atoms with Gasteiger partial charge in [-0.25, -0.2) is 4.79 Å². The Morgan fingerprint density at radius 2 is 2.27 bits per heavy atom. The van der Waals surface area contributed by atoms with Gasteiger partial charge in [-0.15, -0.1) is 0 Å². The molecular weight excluding hydrogens is 190 g/mol. The number of carbonyl (C=O) groups is 1. The van der Waals surface area contributed by atoms with Crippen molar-refractivity contribution in [3.63, 3.8) is 0 Å². The molecule has 1 aliphatic carbocycles. The van der Waals surface area contributed by atoms with E-state index in [4.69, 9.17) is 5.11 Å². The molecule has 1 saturated carbocycles. The summed E-state index contributed by atoms with van der Waals surface area (Å²) >= 11 is 0. The van der Waals surface area contributed by atoms with Crippen LogP contribution in [0, 0.1) is 5.92 Å². The van der Waals surface area contributed by atoms with E-state index in [-0.39, 0.29) is 5.57 Å². The van der Waals surface area contributed by atoms with Crippen LogP contribution in [0.5, 0.6) is 0 Å². The monoisotopic (exact) mass is 207 g/mol. The maximum Gasteiger partial charge on any atom is 0.331 e. The summed E-state index contributed by atoms with van der Waals surface area (Å²) in [6.45, 7) is 5.39. The highest BCUT2D eigenvalue weighted by Crippen LogP contribution is 2.31. The first-order valence-corrected chi connectivity index (χ1v) is 5.21. The molecule has 0 aromatic carbocycles. The van der Waals surface area contributed by atoms with Crippen LogP contribution in [0.15, 0.2) is 28.9 Å². The van der Waals surface area contributed by atoms with Crippen LogP contribution in [0.4, 0.5) is 0 Å². The van der Waals surface area contributed by atoms with Crippen LogP contribution in [0.2, 0.25) is 0 Å². The number of hydrogen-bond donors (Lipinski definition) is 1. The zero-order chi connectivity index (χ0) is 11.3. The highest BCUT2D eigenvalue weighted by molar-refractivity contribution is 5.91. The Morgan fingerprint density at radius 1 is 1.60 bits per heavy atom. The van der Waals surface area contributed by atoms with Gasteiger partial charge in [-0.3, -0.25) is 4.99 Å². The number of carboxylic acid groups (broad SMARTS) is 1. The Kier molecular flexibility index (Phi) is 4.28. The summed E-state index contributed by atoms with van der Waals surface area (Å²) in [6.07, 6.45) is 7.83. The third-order valence-electron chi connectivity index (χ3n) is 2.67. The topological polar surface area (TPSA) is 49.7 Å². The summed E-state index contributed by atoms with van der Waals surface area (Å²) in [5.74, 6) is -0.162. The van der Waals surface area contributed by atoms with Gasteiger partial charge in [0.1, 0.15) is 0 Å². The van der Waals surface area contributed by atoms with E-state index in [2.05, 4.69) is 11.6 Å². The number of aliphatic imine (C=N–C) groups is 1. The molecule has 1 aliphatic rings. The molecule has 0 spiro atoms. The number of hydrogen-bond acceptors (Lipinski definition) is 2. The average molecular weight is 207 g/mol. The maximum absolute atomic E-state index is 10.5. The van der Waals surface area contributed by atoms with E-state index < -0.39 is 5.97 Å². The van der Waals surface area contributed by atoms with E-state index in [1.54, 1.807) is 6.92 Å². The van der Waals surface area contributed by atoms with Crippen LogP contribution < -0.4 is 0 Å². The summed E-state index contributed by atoms with van der Waals surface area (Å²) in [4.78, 5) is 14.6. The van der Waals surface area contributed by atoms with Crippen LogP contribution in [0.25, 0.3) is 0 Å². The maximum atomic E-state index is 10.5. The van der Waals surface area contributed by atoms with Crippen LogP contribution >= 0.6 is 0 Å². The minimum atomic E-state index is -0.911. The van der Waals surface area contributed by atoms with Crippen LogP contribution in [0.1, 0.15) is 32.6 Å². The Labute approximate surface area is 90.2 Å². The fourth-order valence-corrected chi connectivity index (χ4v) is 1.41. The Bertz CT molecular complexity index is 312. The SMILES string of the molecule is C=C(CC1CCC1)/N=C\C=C(/C)C(=O)O. The molecule has 0 saturated heterocycles. The molecule has 0 aromatic heterocycles. The second kappa shape index (κ2) is 5.49. The Morgan fingerprint density at radius 3 is 2.73 bits per heavy atom. The zero-order valence-electron chi connectivity index (χ0n) is 9.07. The highest BCUT2D eigenvalue weighted by Gasteiger charge is 2.17. The first kappa shape index (κ1) is 11.7. The van der Waals surface area contributed by atoms with Crippen molar-refractivity contribution in [2.24, 2.45) is 10.9 Å². The molecular formula is C12H17NO2. The molecule has 0 aliphatic heterocycles. The second-order valence-corrected chi connectivity index (χ2v) is 4.00. The lowest BCUT2D eigenvalue weighted by atomic mass is 9.82. The van der Waals surface area contributed by atoms with Gasteiger partial charge in [-0.1, -0.05) is 25.8 Å². The first-order chi connectivity index (χ1) is 7.09. The molecule has 3 nitrogen and oxygen atoms in total. The number of allylic oxidation sites excluding steroid dienone is 2. The predicted octanol–water partition coefficient (Wildman–Crippen LogP) is 2.79. The number of carboxylic acids is 1. The highest BCUT2D eigenvalue weighted by atomic mass is 16.4. The molecule has 1 fully saturated rings. The average Bonchev–Trinajstić information content (AvgIpc) is 2.11. The standard InChI is InChI=1S/C12H17NO2/c1-9(12(14)15)6-7-13-10(2)8-11-4-3-5-11/h6-7,11H,2-5,8H2,1H3,(H,14,15)/b9-6+,13-7-. The van der Waals surface area contributed by atoms with Gasteiger partial charge >= 0.3 is 5.97 Å². The first-order valence-electron chi connectivity index (χ1n) is 5.21. The van der Waals surface area contributed by atoms with E-state index in [0.29, 0.717) is 0 Å².